The Kier molecular flexibility index (Phi) is 6.07. The van der Waals surface area contributed by atoms with Crippen LogP contribution < -0.4 is 0 Å². The first-order valence-electron chi connectivity index (χ1n) is 8.68. The number of carbonyl (C=O) groups excluding carboxylic acids is 3. The number of ether oxygens (including phenoxy) is 2. The van der Waals surface area contributed by atoms with Crippen molar-refractivity contribution in [2.45, 2.75) is 67.6 Å². The van der Waals surface area contributed by atoms with Crippen molar-refractivity contribution >= 4 is 17.7 Å². The van der Waals surface area contributed by atoms with E-state index in [2.05, 4.69) is 6.58 Å². The van der Waals surface area contributed by atoms with E-state index in [9.17, 15) is 14.4 Å². The maximum absolute atomic E-state index is 13.3. The quantitative estimate of drug-likeness (QED) is 0.424. The van der Waals surface area contributed by atoms with Crippen LogP contribution >= 0.6 is 0 Å². The van der Waals surface area contributed by atoms with Gasteiger partial charge in [0.15, 0.2) is 5.78 Å². The lowest BCUT2D eigenvalue weighted by Crippen LogP contribution is -2.46. The number of carbonyl (C=O) groups is 3. The highest BCUT2D eigenvalue weighted by Gasteiger charge is 2.50. The Bertz CT molecular complexity index is 677. The molecule has 0 aromatic heterocycles. The fourth-order valence-electron chi connectivity index (χ4n) is 3.16. The summed E-state index contributed by atoms with van der Waals surface area (Å²) < 4.78 is 11.1. The largest absolute Gasteiger partial charge is 0.415 e. The van der Waals surface area contributed by atoms with Gasteiger partial charge in [-0.1, -0.05) is 47.6 Å². The summed E-state index contributed by atoms with van der Waals surface area (Å²) in [4.78, 5) is 37.1. The molecule has 5 heteroatoms. The molecule has 1 rings (SSSR count). The Morgan fingerprint density at radius 1 is 1.04 bits per heavy atom. The smallest absolute Gasteiger partial charge is 0.306 e. The Morgan fingerprint density at radius 2 is 1.50 bits per heavy atom. The summed E-state index contributed by atoms with van der Waals surface area (Å²) in [5.74, 6) is -3.10. The zero-order valence-corrected chi connectivity index (χ0v) is 17.1. The third-order valence-electron chi connectivity index (χ3n) is 4.03. The second-order valence-corrected chi connectivity index (χ2v) is 8.59. The van der Waals surface area contributed by atoms with Crippen LogP contribution in [0.3, 0.4) is 0 Å². The SMILES string of the molecule is C=CCC1=C(C(C)(C)C)C(=O)C(C(C)(C)C)=CC1(OC(C)=O)OC(C)=O. The number of hydrogen-bond donors (Lipinski definition) is 0. The van der Waals surface area contributed by atoms with Crippen LogP contribution in [0.25, 0.3) is 0 Å². The summed E-state index contributed by atoms with van der Waals surface area (Å²) in [5, 5.41) is 0. The minimum absolute atomic E-state index is 0.128. The highest BCUT2D eigenvalue weighted by atomic mass is 16.7. The first kappa shape index (κ1) is 21.9. The van der Waals surface area contributed by atoms with Crippen LogP contribution in [0, 0.1) is 10.8 Å². The molecule has 1 aliphatic carbocycles. The van der Waals surface area contributed by atoms with Gasteiger partial charge in [0.1, 0.15) is 0 Å². The molecule has 0 N–H and O–H groups in total. The number of Topliss-reactive ketones (excluding diaryl/α,β-unsaturated/α-hetero) is 1. The third kappa shape index (κ3) is 4.51. The van der Waals surface area contributed by atoms with Gasteiger partial charge in [-0.3, -0.25) is 14.4 Å². The van der Waals surface area contributed by atoms with Gasteiger partial charge >= 0.3 is 17.7 Å². The second-order valence-electron chi connectivity index (χ2n) is 8.59. The van der Waals surface area contributed by atoms with Gasteiger partial charge in [-0.2, -0.15) is 0 Å². The summed E-state index contributed by atoms with van der Waals surface area (Å²) in [6.07, 6.45) is 3.32. The molecule has 0 atom stereocenters. The Labute approximate surface area is 156 Å². The highest BCUT2D eigenvalue weighted by Crippen LogP contribution is 2.47. The third-order valence-corrected chi connectivity index (χ3v) is 4.03. The second kappa shape index (κ2) is 7.22. The Hall–Kier alpha value is -2.17. The first-order valence-corrected chi connectivity index (χ1v) is 8.68. The van der Waals surface area contributed by atoms with Gasteiger partial charge in [0.2, 0.25) is 0 Å². The summed E-state index contributed by atoms with van der Waals surface area (Å²) >= 11 is 0. The molecule has 0 saturated heterocycles. The molecule has 0 saturated carbocycles. The molecule has 0 unspecified atom stereocenters. The summed E-state index contributed by atoms with van der Waals surface area (Å²) in [6, 6.07) is 0. The minimum Gasteiger partial charge on any atom is -0.415 e. The van der Waals surface area contributed by atoms with Gasteiger partial charge in [-0.15, -0.1) is 6.58 Å². The van der Waals surface area contributed by atoms with Crippen LogP contribution in [-0.2, 0) is 23.9 Å². The number of allylic oxidation sites excluding steroid dienone is 3. The van der Waals surface area contributed by atoms with Gasteiger partial charge in [0.05, 0.1) is 0 Å². The molecule has 26 heavy (non-hydrogen) atoms. The van der Waals surface area contributed by atoms with Crippen molar-refractivity contribution in [3.05, 3.63) is 35.5 Å². The summed E-state index contributed by atoms with van der Waals surface area (Å²) in [6.45, 7) is 17.6. The van der Waals surface area contributed by atoms with E-state index in [1.165, 1.54) is 19.9 Å². The van der Waals surface area contributed by atoms with Gasteiger partial charge in [0.25, 0.3) is 0 Å². The first-order chi connectivity index (χ1) is 11.7. The molecule has 0 heterocycles. The van der Waals surface area contributed by atoms with E-state index in [1.807, 2.05) is 41.5 Å². The zero-order valence-electron chi connectivity index (χ0n) is 17.1. The van der Waals surface area contributed by atoms with E-state index >= 15 is 0 Å². The Morgan fingerprint density at radius 3 is 1.81 bits per heavy atom. The van der Waals surface area contributed by atoms with Crippen LogP contribution in [0.15, 0.2) is 35.5 Å². The normalized spacial score (nSPS) is 17.5. The summed E-state index contributed by atoms with van der Waals surface area (Å²) in [7, 11) is 0. The van der Waals surface area contributed by atoms with E-state index < -0.39 is 28.6 Å². The predicted octanol–water partition coefficient (Wildman–Crippen LogP) is 4.28. The van der Waals surface area contributed by atoms with E-state index in [0.717, 1.165) is 0 Å². The molecule has 0 fully saturated rings. The summed E-state index contributed by atoms with van der Waals surface area (Å²) in [5.41, 5.74) is 0.276. The van der Waals surface area contributed by atoms with E-state index in [-0.39, 0.29) is 12.2 Å². The van der Waals surface area contributed by atoms with E-state index in [1.54, 1.807) is 6.08 Å². The number of ketones is 1. The van der Waals surface area contributed by atoms with Gasteiger partial charge in [-0.25, -0.2) is 0 Å². The molecule has 0 bridgehead atoms. The number of rotatable bonds is 4. The maximum atomic E-state index is 13.3. The van der Waals surface area contributed by atoms with Crippen LogP contribution in [0.1, 0.15) is 61.8 Å². The molecule has 144 valence electrons. The lowest BCUT2D eigenvalue weighted by molar-refractivity contribution is -0.199. The Balaban J connectivity index is 3.96. The van der Waals surface area contributed by atoms with Gasteiger partial charge in [-0.05, 0) is 17.3 Å². The lowest BCUT2D eigenvalue weighted by atomic mass is 9.68. The van der Waals surface area contributed by atoms with Crippen LogP contribution in [-0.4, -0.2) is 23.5 Å². The lowest BCUT2D eigenvalue weighted by Gasteiger charge is -2.41. The molecule has 0 radical (unpaired) electrons. The maximum Gasteiger partial charge on any atom is 0.306 e. The molecular weight excluding hydrogens is 332 g/mol. The molecule has 0 aromatic carbocycles. The van der Waals surface area contributed by atoms with Crippen LogP contribution in [0.4, 0.5) is 0 Å². The molecule has 0 aliphatic heterocycles. The fourth-order valence-corrected chi connectivity index (χ4v) is 3.16. The van der Waals surface area contributed by atoms with E-state index in [4.69, 9.17) is 9.47 Å². The number of esters is 2. The van der Waals surface area contributed by atoms with Crippen LogP contribution in [0.5, 0.6) is 0 Å². The highest BCUT2D eigenvalue weighted by molar-refractivity contribution is 6.12. The fraction of sp³-hybridized carbons (Fsp3) is 0.571. The molecule has 1 aliphatic rings. The standard InChI is InChI=1S/C21H30O5/c1-10-11-15-17(20(7,8)9)18(24)16(19(4,5)6)12-21(15,25-13(2)22)26-14(3)23/h10,12H,1,11H2,2-9H3. The molecule has 0 amide bonds. The topological polar surface area (TPSA) is 69.7 Å². The van der Waals surface area contributed by atoms with Crippen molar-refractivity contribution < 1.29 is 23.9 Å². The van der Waals surface area contributed by atoms with Crippen molar-refractivity contribution in [1.29, 1.82) is 0 Å². The van der Waals surface area contributed by atoms with Crippen molar-refractivity contribution in [2.75, 3.05) is 0 Å². The monoisotopic (exact) mass is 362 g/mol. The van der Waals surface area contributed by atoms with Crippen molar-refractivity contribution in [2.24, 2.45) is 10.8 Å². The molecule has 0 spiro atoms. The predicted molar refractivity (Wildman–Crippen MR) is 100 cm³/mol. The van der Waals surface area contributed by atoms with Crippen molar-refractivity contribution in [1.82, 2.24) is 0 Å². The number of hydrogen-bond acceptors (Lipinski definition) is 5. The molecule has 0 aromatic rings. The zero-order chi connectivity index (χ0) is 20.5. The molecule has 5 nitrogen and oxygen atoms in total. The average Bonchev–Trinajstić information content (AvgIpc) is 2.38. The van der Waals surface area contributed by atoms with Crippen molar-refractivity contribution in [3.63, 3.8) is 0 Å². The average molecular weight is 362 g/mol. The molecular formula is C21H30O5. The van der Waals surface area contributed by atoms with Crippen molar-refractivity contribution in [3.8, 4) is 0 Å². The van der Waals surface area contributed by atoms with Gasteiger partial charge < -0.3 is 9.47 Å². The van der Waals surface area contributed by atoms with Gasteiger partial charge in [0, 0.05) is 36.6 Å². The van der Waals surface area contributed by atoms with Crippen LogP contribution in [0.2, 0.25) is 0 Å². The van der Waals surface area contributed by atoms with E-state index in [0.29, 0.717) is 16.7 Å². The minimum atomic E-state index is -1.75.